The Morgan fingerprint density at radius 2 is 2.21 bits per heavy atom. The molecule has 0 aliphatic carbocycles. The Kier molecular flexibility index (Phi) is 4.52. The molecule has 3 heterocycles. The number of ether oxygens (including phenoxy) is 1. The molecule has 2 aliphatic rings. The average Bonchev–Trinajstić information content (AvgIpc) is 2.77. The van der Waals surface area contributed by atoms with E-state index in [2.05, 4.69) is 4.98 Å². The molecule has 3 rings (SSSR count). The molecule has 1 aromatic heterocycles. The molecule has 2 amide bonds. The summed E-state index contributed by atoms with van der Waals surface area (Å²) in [7, 11) is 0.152. The number of sulfone groups is 1. The Morgan fingerprint density at radius 3 is 2.83 bits per heavy atom. The summed E-state index contributed by atoms with van der Waals surface area (Å²) in [5, 5.41) is 0. The highest BCUT2D eigenvalue weighted by Gasteiger charge is 2.62. The second-order valence-corrected chi connectivity index (χ2v) is 9.23. The molecular weight excluding hydrogens is 330 g/mol. The molecule has 7 nitrogen and oxygen atoms in total. The second kappa shape index (κ2) is 6.33. The van der Waals surface area contributed by atoms with Crippen molar-refractivity contribution in [3.8, 4) is 0 Å². The van der Waals surface area contributed by atoms with Gasteiger partial charge in [0.2, 0.25) is 0 Å². The van der Waals surface area contributed by atoms with E-state index in [0.717, 1.165) is 5.56 Å². The number of amides is 2. The maximum absolute atomic E-state index is 12.5. The van der Waals surface area contributed by atoms with Crippen molar-refractivity contribution in [3.63, 3.8) is 0 Å². The van der Waals surface area contributed by atoms with Gasteiger partial charge in [0.25, 0.3) is 0 Å². The molecule has 2 fully saturated rings. The van der Waals surface area contributed by atoms with Crippen LogP contribution in [0.25, 0.3) is 0 Å². The number of carbonyl (C=O) groups is 1. The highest BCUT2D eigenvalue weighted by Crippen LogP contribution is 2.45. The Morgan fingerprint density at radius 1 is 1.46 bits per heavy atom. The average molecular weight is 353 g/mol. The molecule has 2 aliphatic heterocycles. The second-order valence-electron chi connectivity index (χ2n) is 6.78. The lowest BCUT2D eigenvalue weighted by Gasteiger charge is -2.50. The molecular formula is C16H23N3O4S. The van der Waals surface area contributed by atoms with Gasteiger partial charge in [-0.15, -0.1) is 0 Å². The Hall–Kier alpha value is -1.67. The van der Waals surface area contributed by atoms with E-state index in [4.69, 9.17) is 4.74 Å². The normalized spacial score (nSPS) is 23.9. The fourth-order valence-corrected chi connectivity index (χ4v) is 5.93. The minimum atomic E-state index is -3.19. The number of hydrogen-bond acceptors (Lipinski definition) is 5. The molecule has 0 bridgehead atoms. The first-order valence-corrected chi connectivity index (χ1v) is 9.66. The topological polar surface area (TPSA) is 79.8 Å². The van der Waals surface area contributed by atoms with Crippen molar-refractivity contribution >= 4 is 15.9 Å². The Labute approximate surface area is 142 Å². The molecule has 0 N–H and O–H groups in total. The molecule has 132 valence electrons. The van der Waals surface area contributed by atoms with Crippen LogP contribution in [-0.4, -0.2) is 73.5 Å². The fraction of sp³-hybridized carbons (Fsp3) is 0.625. The van der Waals surface area contributed by atoms with E-state index in [1.807, 2.05) is 12.1 Å². The number of carbonyl (C=O) groups excluding carboxylic acids is 1. The highest BCUT2D eigenvalue weighted by molar-refractivity contribution is 7.93. The molecule has 0 saturated carbocycles. The number of pyridine rings is 1. The van der Waals surface area contributed by atoms with Crippen LogP contribution in [0, 0.1) is 5.92 Å². The van der Waals surface area contributed by atoms with Gasteiger partial charge in [-0.25, -0.2) is 13.2 Å². The van der Waals surface area contributed by atoms with Crippen LogP contribution in [0.15, 0.2) is 24.5 Å². The number of likely N-dealkylation sites (tertiary alicyclic amines) is 1. The zero-order valence-corrected chi connectivity index (χ0v) is 14.8. The van der Waals surface area contributed by atoms with E-state index in [0.29, 0.717) is 19.6 Å². The molecule has 24 heavy (non-hydrogen) atoms. The van der Waals surface area contributed by atoms with Gasteiger partial charge < -0.3 is 14.5 Å². The van der Waals surface area contributed by atoms with Crippen LogP contribution in [0.4, 0.5) is 4.79 Å². The van der Waals surface area contributed by atoms with Gasteiger partial charge in [0, 0.05) is 45.5 Å². The summed E-state index contributed by atoms with van der Waals surface area (Å²) >= 11 is 0. The molecule has 0 unspecified atom stereocenters. The molecule has 1 aromatic rings. The molecule has 1 atom stereocenters. The lowest BCUT2D eigenvalue weighted by Crippen LogP contribution is -2.69. The molecule has 0 aromatic carbocycles. The van der Waals surface area contributed by atoms with Gasteiger partial charge in [0.1, 0.15) is 4.75 Å². The Balaban J connectivity index is 1.62. The molecule has 0 radical (unpaired) electrons. The van der Waals surface area contributed by atoms with Gasteiger partial charge in [-0.1, -0.05) is 6.07 Å². The highest BCUT2D eigenvalue weighted by atomic mass is 32.2. The van der Waals surface area contributed by atoms with Crippen LogP contribution in [0.5, 0.6) is 0 Å². The largest absolute Gasteiger partial charge is 0.376 e. The predicted molar refractivity (Wildman–Crippen MR) is 89.2 cm³/mol. The van der Waals surface area contributed by atoms with E-state index < -0.39 is 14.6 Å². The number of aromatic nitrogens is 1. The summed E-state index contributed by atoms with van der Waals surface area (Å²) < 4.78 is 30.0. The third-order valence-corrected chi connectivity index (χ3v) is 7.58. The monoisotopic (exact) mass is 353 g/mol. The van der Waals surface area contributed by atoms with Crippen LogP contribution in [0.1, 0.15) is 12.0 Å². The van der Waals surface area contributed by atoms with Crippen LogP contribution < -0.4 is 0 Å². The van der Waals surface area contributed by atoms with Crippen LogP contribution in [-0.2, 0) is 21.2 Å². The number of urea groups is 1. The van der Waals surface area contributed by atoms with E-state index in [1.165, 1.54) is 4.90 Å². The van der Waals surface area contributed by atoms with Gasteiger partial charge in [-0.2, -0.15) is 0 Å². The zero-order valence-electron chi connectivity index (χ0n) is 14.0. The van der Waals surface area contributed by atoms with Crippen molar-refractivity contribution in [3.05, 3.63) is 30.1 Å². The van der Waals surface area contributed by atoms with Gasteiger partial charge in [-0.05, 0) is 18.1 Å². The summed E-state index contributed by atoms with van der Waals surface area (Å²) in [6.07, 6.45) is 4.04. The third-order valence-electron chi connectivity index (χ3n) is 4.98. The summed E-state index contributed by atoms with van der Waals surface area (Å²) in [6.45, 7) is 1.35. The van der Waals surface area contributed by atoms with E-state index >= 15 is 0 Å². The minimum absolute atomic E-state index is 0.0645. The third kappa shape index (κ3) is 2.88. The van der Waals surface area contributed by atoms with Crippen molar-refractivity contribution in [1.82, 2.24) is 14.8 Å². The Bertz CT molecular complexity index is 699. The van der Waals surface area contributed by atoms with Crippen molar-refractivity contribution in [1.29, 1.82) is 0 Å². The number of nitrogens with zero attached hydrogens (tertiary/aromatic N) is 3. The molecule has 1 spiro atoms. The molecule has 2 saturated heterocycles. The number of rotatable bonds is 4. The van der Waals surface area contributed by atoms with Crippen molar-refractivity contribution < 1.29 is 17.9 Å². The van der Waals surface area contributed by atoms with Gasteiger partial charge in [0.05, 0.1) is 19.0 Å². The SMILES string of the molecule is CN(C)C(=O)N1CC2(C1)[C@@H](COCc1cccnc1)CCS2(=O)=O. The lowest BCUT2D eigenvalue weighted by atomic mass is 9.84. The predicted octanol–water partition coefficient (Wildman–Crippen LogP) is 0.769. The van der Waals surface area contributed by atoms with Crippen LogP contribution >= 0.6 is 0 Å². The smallest absolute Gasteiger partial charge is 0.319 e. The van der Waals surface area contributed by atoms with E-state index in [-0.39, 0.29) is 30.8 Å². The summed E-state index contributed by atoms with van der Waals surface area (Å²) in [4.78, 5) is 19.1. The quantitative estimate of drug-likeness (QED) is 0.799. The van der Waals surface area contributed by atoms with Crippen molar-refractivity contribution in [2.75, 3.05) is 39.5 Å². The van der Waals surface area contributed by atoms with Crippen molar-refractivity contribution in [2.24, 2.45) is 5.92 Å². The van der Waals surface area contributed by atoms with E-state index in [9.17, 15) is 13.2 Å². The summed E-state index contributed by atoms with van der Waals surface area (Å²) in [5.74, 6) is 0.114. The number of hydrogen-bond donors (Lipinski definition) is 0. The maximum atomic E-state index is 12.5. The minimum Gasteiger partial charge on any atom is -0.376 e. The van der Waals surface area contributed by atoms with E-state index in [1.54, 1.807) is 31.4 Å². The lowest BCUT2D eigenvalue weighted by molar-refractivity contribution is 0.0321. The van der Waals surface area contributed by atoms with Crippen LogP contribution in [0.3, 0.4) is 0 Å². The first-order chi connectivity index (χ1) is 11.4. The first kappa shape index (κ1) is 17.2. The van der Waals surface area contributed by atoms with Crippen molar-refractivity contribution in [2.45, 2.75) is 17.8 Å². The summed E-state index contributed by atoms with van der Waals surface area (Å²) in [5.41, 5.74) is 0.963. The maximum Gasteiger partial charge on any atom is 0.319 e. The fourth-order valence-electron chi connectivity index (χ4n) is 3.53. The first-order valence-electron chi connectivity index (χ1n) is 8.01. The zero-order chi connectivity index (χ0) is 17.4. The van der Waals surface area contributed by atoms with Gasteiger partial charge in [0.15, 0.2) is 9.84 Å². The standard InChI is InChI=1S/C16H23N3O4S/c1-18(2)15(20)19-11-16(12-19)14(5-7-24(16,21)22)10-23-9-13-4-3-6-17-8-13/h3-4,6,8,14H,5,7,9-12H2,1-2H3/t14-/m1/s1. The van der Waals surface area contributed by atoms with Crippen LogP contribution in [0.2, 0.25) is 0 Å². The van der Waals surface area contributed by atoms with Gasteiger partial charge >= 0.3 is 6.03 Å². The van der Waals surface area contributed by atoms with Gasteiger partial charge in [-0.3, -0.25) is 4.98 Å². The summed E-state index contributed by atoms with van der Waals surface area (Å²) in [6, 6.07) is 3.63. The molecule has 8 heteroatoms.